The average Bonchev–Trinajstić information content (AvgIpc) is 2.84. The van der Waals surface area contributed by atoms with Crippen LogP contribution in [0.1, 0.15) is 12.7 Å². The topological polar surface area (TPSA) is 73.0 Å². The molecular weight excluding hydrogens is 232 g/mol. The maximum Gasteiger partial charge on any atom is 0.292 e. The van der Waals surface area contributed by atoms with Gasteiger partial charge in [-0.15, -0.1) is 0 Å². The van der Waals surface area contributed by atoms with Crippen LogP contribution >= 0.6 is 0 Å². The van der Waals surface area contributed by atoms with Crippen LogP contribution in [0.4, 0.5) is 11.4 Å². The molecule has 6 heteroatoms. The van der Waals surface area contributed by atoms with Gasteiger partial charge in [0.05, 0.1) is 11.5 Å². The maximum absolute atomic E-state index is 10.9. The maximum atomic E-state index is 10.9. The number of nitro groups is 1. The van der Waals surface area contributed by atoms with Crippen molar-refractivity contribution in [3.63, 3.8) is 0 Å². The zero-order chi connectivity index (χ0) is 13.0. The van der Waals surface area contributed by atoms with Gasteiger partial charge in [0.15, 0.2) is 0 Å². The van der Waals surface area contributed by atoms with Gasteiger partial charge in [-0.3, -0.25) is 10.1 Å². The van der Waals surface area contributed by atoms with Crippen LogP contribution in [0.15, 0.2) is 36.7 Å². The first-order chi connectivity index (χ1) is 8.72. The first-order valence-electron chi connectivity index (χ1n) is 5.69. The van der Waals surface area contributed by atoms with Crippen LogP contribution in [0.2, 0.25) is 0 Å². The lowest BCUT2D eigenvalue weighted by Crippen LogP contribution is -2.08. The molecule has 0 aliphatic rings. The molecule has 0 fully saturated rings. The molecule has 0 bridgehead atoms. The quantitative estimate of drug-likeness (QED) is 0.649. The van der Waals surface area contributed by atoms with Gasteiger partial charge in [-0.2, -0.15) is 0 Å². The fourth-order valence-electron chi connectivity index (χ4n) is 1.75. The van der Waals surface area contributed by atoms with Crippen molar-refractivity contribution in [3.05, 3.63) is 52.6 Å². The van der Waals surface area contributed by atoms with Crippen LogP contribution in [0.25, 0.3) is 0 Å². The first kappa shape index (κ1) is 12.1. The summed E-state index contributed by atoms with van der Waals surface area (Å²) in [7, 11) is 0. The molecule has 1 aromatic carbocycles. The second kappa shape index (κ2) is 5.31. The molecule has 0 aliphatic carbocycles. The van der Waals surface area contributed by atoms with Gasteiger partial charge in [-0.25, -0.2) is 4.98 Å². The van der Waals surface area contributed by atoms with Crippen molar-refractivity contribution in [1.82, 2.24) is 9.55 Å². The van der Waals surface area contributed by atoms with E-state index in [2.05, 4.69) is 10.3 Å². The van der Waals surface area contributed by atoms with E-state index in [1.54, 1.807) is 24.4 Å². The molecule has 0 aliphatic heterocycles. The number of para-hydroxylation sites is 2. The highest BCUT2D eigenvalue weighted by Gasteiger charge is 2.12. The number of hydrogen-bond acceptors (Lipinski definition) is 4. The van der Waals surface area contributed by atoms with Crippen LogP contribution in [-0.2, 0) is 13.1 Å². The van der Waals surface area contributed by atoms with Crippen molar-refractivity contribution in [2.24, 2.45) is 0 Å². The second-order valence-corrected chi connectivity index (χ2v) is 3.76. The zero-order valence-corrected chi connectivity index (χ0v) is 10.0. The van der Waals surface area contributed by atoms with Crippen molar-refractivity contribution in [1.29, 1.82) is 0 Å². The highest BCUT2D eigenvalue weighted by atomic mass is 16.6. The Morgan fingerprint density at radius 1 is 1.44 bits per heavy atom. The molecule has 0 saturated carbocycles. The first-order valence-corrected chi connectivity index (χ1v) is 5.69. The lowest BCUT2D eigenvalue weighted by molar-refractivity contribution is -0.384. The monoisotopic (exact) mass is 246 g/mol. The van der Waals surface area contributed by atoms with Crippen LogP contribution in [0.3, 0.4) is 0 Å². The minimum absolute atomic E-state index is 0.0760. The van der Waals surface area contributed by atoms with Crippen LogP contribution in [0.5, 0.6) is 0 Å². The number of nitrogens with one attached hydrogen (secondary N) is 1. The molecule has 0 unspecified atom stereocenters. The Bertz CT molecular complexity index is 551. The van der Waals surface area contributed by atoms with Gasteiger partial charge in [0.2, 0.25) is 0 Å². The number of nitrogens with zero attached hydrogens (tertiary/aromatic N) is 3. The van der Waals surface area contributed by atoms with E-state index in [0.717, 1.165) is 12.4 Å². The number of imidazole rings is 1. The molecule has 1 N–H and O–H groups in total. The molecule has 2 rings (SSSR count). The van der Waals surface area contributed by atoms with Gasteiger partial charge >= 0.3 is 0 Å². The van der Waals surface area contributed by atoms with Crippen molar-refractivity contribution in [2.45, 2.75) is 20.0 Å². The summed E-state index contributed by atoms with van der Waals surface area (Å²) in [6.07, 6.45) is 3.61. The Hall–Kier alpha value is -2.37. The molecule has 0 atom stereocenters. The number of rotatable bonds is 5. The van der Waals surface area contributed by atoms with E-state index < -0.39 is 4.92 Å². The van der Waals surface area contributed by atoms with Crippen molar-refractivity contribution >= 4 is 11.4 Å². The standard InChI is InChI=1S/C12H14N4O2/c1-2-15-8-7-13-12(15)9-14-10-5-3-4-6-11(10)16(17)18/h3-8,14H,2,9H2,1H3. The van der Waals surface area contributed by atoms with E-state index in [-0.39, 0.29) is 5.69 Å². The van der Waals surface area contributed by atoms with Crippen LogP contribution in [0, 0.1) is 10.1 Å². The fraction of sp³-hybridized carbons (Fsp3) is 0.250. The van der Waals surface area contributed by atoms with Gasteiger partial charge in [-0.1, -0.05) is 12.1 Å². The van der Waals surface area contributed by atoms with E-state index in [0.29, 0.717) is 12.2 Å². The summed E-state index contributed by atoms with van der Waals surface area (Å²) in [6.45, 7) is 3.32. The Morgan fingerprint density at radius 2 is 2.22 bits per heavy atom. The minimum Gasteiger partial charge on any atom is -0.372 e. The van der Waals surface area contributed by atoms with Crippen molar-refractivity contribution in [2.75, 3.05) is 5.32 Å². The Kier molecular flexibility index (Phi) is 3.57. The van der Waals surface area contributed by atoms with E-state index >= 15 is 0 Å². The van der Waals surface area contributed by atoms with E-state index in [1.165, 1.54) is 6.07 Å². The second-order valence-electron chi connectivity index (χ2n) is 3.76. The Balaban J connectivity index is 2.13. The summed E-state index contributed by atoms with van der Waals surface area (Å²) in [5, 5.41) is 13.9. The molecule has 1 heterocycles. The lowest BCUT2D eigenvalue weighted by atomic mass is 10.2. The highest BCUT2D eigenvalue weighted by Crippen LogP contribution is 2.23. The molecule has 2 aromatic rings. The Labute approximate surface area is 104 Å². The molecule has 0 amide bonds. The third kappa shape index (κ3) is 2.48. The molecule has 94 valence electrons. The average molecular weight is 246 g/mol. The number of nitro benzene ring substituents is 1. The number of anilines is 1. The molecule has 0 spiro atoms. The third-order valence-corrected chi connectivity index (χ3v) is 2.68. The zero-order valence-electron chi connectivity index (χ0n) is 10.0. The van der Waals surface area contributed by atoms with Crippen molar-refractivity contribution < 1.29 is 4.92 Å². The summed E-state index contributed by atoms with van der Waals surface area (Å²) < 4.78 is 1.99. The summed E-state index contributed by atoms with van der Waals surface area (Å²) >= 11 is 0. The molecular formula is C12H14N4O2. The predicted octanol–water partition coefficient (Wildman–Crippen LogP) is 2.42. The summed E-state index contributed by atoms with van der Waals surface area (Å²) in [4.78, 5) is 14.7. The third-order valence-electron chi connectivity index (χ3n) is 2.68. The lowest BCUT2D eigenvalue weighted by Gasteiger charge is -2.08. The van der Waals surface area contributed by atoms with Crippen LogP contribution < -0.4 is 5.32 Å². The summed E-state index contributed by atoms with van der Waals surface area (Å²) in [5.41, 5.74) is 0.584. The molecule has 1 aromatic heterocycles. The van der Waals surface area contributed by atoms with Gasteiger partial charge < -0.3 is 9.88 Å². The predicted molar refractivity (Wildman–Crippen MR) is 68.3 cm³/mol. The van der Waals surface area contributed by atoms with Gasteiger partial charge in [0.25, 0.3) is 5.69 Å². The van der Waals surface area contributed by atoms with Crippen molar-refractivity contribution in [3.8, 4) is 0 Å². The van der Waals surface area contributed by atoms with Gasteiger partial charge in [0, 0.05) is 25.0 Å². The van der Waals surface area contributed by atoms with E-state index in [1.807, 2.05) is 17.7 Å². The Morgan fingerprint density at radius 3 is 2.94 bits per heavy atom. The molecule has 0 radical (unpaired) electrons. The minimum atomic E-state index is -0.394. The molecule has 0 saturated heterocycles. The smallest absolute Gasteiger partial charge is 0.292 e. The molecule has 18 heavy (non-hydrogen) atoms. The molecule has 6 nitrogen and oxygen atoms in total. The SMILES string of the molecule is CCn1ccnc1CNc1ccccc1[N+](=O)[O-]. The highest BCUT2D eigenvalue weighted by molar-refractivity contribution is 5.60. The van der Waals surface area contributed by atoms with E-state index in [4.69, 9.17) is 0 Å². The van der Waals surface area contributed by atoms with Gasteiger partial charge in [-0.05, 0) is 13.0 Å². The summed E-state index contributed by atoms with van der Waals surface area (Å²) in [5.74, 6) is 0.857. The normalized spacial score (nSPS) is 10.3. The van der Waals surface area contributed by atoms with E-state index in [9.17, 15) is 10.1 Å². The van der Waals surface area contributed by atoms with Crippen LogP contribution in [-0.4, -0.2) is 14.5 Å². The number of hydrogen-bond donors (Lipinski definition) is 1. The largest absolute Gasteiger partial charge is 0.372 e. The fourth-order valence-corrected chi connectivity index (χ4v) is 1.75. The summed E-state index contributed by atoms with van der Waals surface area (Å²) in [6, 6.07) is 6.59. The number of aromatic nitrogens is 2. The number of benzene rings is 1. The number of aryl methyl sites for hydroxylation is 1. The van der Waals surface area contributed by atoms with Gasteiger partial charge in [0.1, 0.15) is 11.5 Å².